The van der Waals surface area contributed by atoms with Crippen molar-refractivity contribution in [3.05, 3.63) is 29.8 Å². The van der Waals surface area contributed by atoms with Crippen LogP contribution in [0.2, 0.25) is 0 Å². The maximum Gasteiger partial charge on any atom is 0.296 e. The summed E-state index contributed by atoms with van der Waals surface area (Å²) in [6.45, 7) is 4.41. The summed E-state index contributed by atoms with van der Waals surface area (Å²) in [5, 5.41) is 29.5. The third-order valence-corrected chi connectivity index (χ3v) is 9.53. The van der Waals surface area contributed by atoms with Gasteiger partial charge in [-0.3, -0.25) is 4.18 Å². The molecule has 0 atom stereocenters. The standard InChI is InChI=1S/C17H24O6S.C10H18O4/c1-14-2-4-15(5-3-14)24(19,20)23-11-10-16(18)6-8-17(9-7-16)21-12-13-22-17;11-6-5-9(12)1-3-10(4-2-9)13-7-8-14-10/h2-5,18H,6-13H2,1H3;11-12H,1-8H2. The van der Waals surface area contributed by atoms with Gasteiger partial charge in [-0.25, -0.2) is 0 Å². The summed E-state index contributed by atoms with van der Waals surface area (Å²) in [5.74, 6) is -0.956. The van der Waals surface area contributed by atoms with Crippen LogP contribution >= 0.6 is 0 Å². The molecule has 3 N–H and O–H groups in total. The summed E-state index contributed by atoms with van der Waals surface area (Å²) < 4.78 is 51.8. The Morgan fingerprint density at radius 3 is 1.58 bits per heavy atom. The summed E-state index contributed by atoms with van der Waals surface area (Å²) >= 11 is 0. The summed E-state index contributed by atoms with van der Waals surface area (Å²) in [7, 11) is -3.79. The van der Waals surface area contributed by atoms with Crippen LogP contribution in [-0.2, 0) is 33.2 Å². The average Bonchev–Trinajstić information content (AvgIpc) is 3.55. The Kier molecular flexibility index (Phi) is 9.54. The van der Waals surface area contributed by atoms with Crippen LogP contribution < -0.4 is 0 Å². The summed E-state index contributed by atoms with van der Waals surface area (Å²) in [6, 6.07) is 6.51. The second kappa shape index (κ2) is 12.2. The average molecular weight is 559 g/mol. The molecule has 4 aliphatic rings. The largest absolute Gasteiger partial charge is 0.396 e. The van der Waals surface area contributed by atoms with Gasteiger partial charge in [0.25, 0.3) is 10.1 Å². The van der Waals surface area contributed by atoms with E-state index in [0.29, 0.717) is 71.4 Å². The van der Waals surface area contributed by atoms with Gasteiger partial charge in [0, 0.05) is 38.7 Å². The van der Waals surface area contributed by atoms with Gasteiger partial charge in [0.05, 0.1) is 49.1 Å². The van der Waals surface area contributed by atoms with E-state index < -0.39 is 32.9 Å². The molecule has 2 saturated heterocycles. The Labute approximate surface area is 225 Å². The Hall–Kier alpha value is -1.15. The second-order valence-corrected chi connectivity index (χ2v) is 12.6. The zero-order valence-corrected chi connectivity index (χ0v) is 23.0. The van der Waals surface area contributed by atoms with Crippen LogP contribution in [0.1, 0.15) is 69.8 Å². The van der Waals surface area contributed by atoms with Crippen LogP contribution in [0.3, 0.4) is 0 Å². The number of hydrogen-bond donors (Lipinski definition) is 3. The highest BCUT2D eigenvalue weighted by molar-refractivity contribution is 7.86. The molecule has 1 aromatic carbocycles. The van der Waals surface area contributed by atoms with Gasteiger partial charge in [-0.05, 0) is 51.2 Å². The van der Waals surface area contributed by atoms with Gasteiger partial charge >= 0.3 is 0 Å². The highest BCUT2D eigenvalue weighted by Crippen LogP contribution is 2.42. The number of aliphatic hydroxyl groups excluding tert-OH is 1. The lowest BCUT2D eigenvalue weighted by atomic mass is 9.79. The number of aliphatic hydroxyl groups is 3. The molecular formula is C27H42O10S. The highest BCUT2D eigenvalue weighted by atomic mass is 32.2. The normalized spacial score (nSPS) is 27.8. The van der Waals surface area contributed by atoms with Crippen molar-refractivity contribution in [2.24, 2.45) is 0 Å². The van der Waals surface area contributed by atoms with E-state index in [1.54, 1.807) is 12.1 Å². The van der Waals surface area contributed by atoms with Crippen molar-refractivity contribution in [1.82, 2.24) is 0 Å². The summed E-state index contributed by atoms with van der Waals surface area (Å²) in [5.41, 5.74) is -0.644. The van der Waals surface area contributed by atoms with Gasteiger partial charge in [-0.15, -0.1) is 0 Å². The van der Waals surface area contributed by atoms with E-state index in [-0.39, 0.29) is 24.5 Å². The van der Waals surface area contributed by atoms with Crippen molar-refractivity contribution in [3.8, 4) is 0 Å². The molecule has 10 nitrogen and oxygen atoms in total. The van der Waals surface area contributed by atoms with Gasteiger partial charge in [0.15, 0.2) is 11.6 Å². The smallest absolute Gasteiger partial charge is 0.296 e. The van der Waals surface area contributed by atoms with Crippen molar-refractivity contribution in [2.75, 3.05) is 39.6 Å². The molecule has 2 spiro atoms. The van der Waals surface area contributed by atoms with Crippen molar-refractivity contribution in [1.29, 1.82) is 0 Å². The summed E-state index contributed by atoms with van der Waals surface area (Å²) in [6.07, 6.45) is 5.80. The SMILES string of the molecule is Cc1ccc(S(=O)(=O)OCCC2(O)CCC3(CC2)OCCO3)cc1.OCCC1(O)CCC2(CC1)OCCO2. The topological polar surface area (TPSA) is 141 Å². The first-order valence-corrected chi connectivity index (χ1v) is 15.0. The van der Waals surface area contributed by atoms with E-state index in [4.69, 9.17) is 28.2 Å². The molecular weight excluding hydrogens is 516 g/mol. The Morgan fingerprint density at radius 2 is 1.16 bits per heavy atom. The van der Waals surface area contributed by atoms with E-state index in [2.05, 4.69) is 0 Å². The van der Waals surface area contributed by atoms with E-state index in [1.807, 2.05) is 6.92 Å². The van der Waals surface area contributed by atoms with Gasteiger partial charge in [0.2, 0.25) is 0 Å². The van der Waals surface area contributed by atoms with Crippen LogP contribution in [0.15, 0.2) is 29.2 Å². The minimum atomic E-state index is -3.79. The van der Waals surface area contributed by atoms with Gasteiger partial charge < -0.3 is 34.3 Å². The Balaban J connectivity index is 0.000000204. The van der Waals surface area contributed by atoms with Gasteiger partial charge in [0.1, 0.15) is 0 Å². The molecule has 0 aromatic heterocycles. The fourth-order valence-electron chi connectivity index (χ4n) is 5.59. The predicted octanol–water partition coefficient (Wildman–Crippen LogP) is 2.56. The molecule has 0 bridgehead atoms. The van der Waals surface area contributed by atoms with Crippen LogP contribution in [0, 0.1) is 6.92 Å². The monoisotopic (exact) mass is 558 g/mol. The maximum absolute atomic E-state index is 12.1. The van der Waals surface area contributed by atoms with Gasteiger partial charge in [-0.1, -0.05) is 17.7 Å². The first-order chi connectivity index (χ1) is 18.0. The first kappa shape index (κ1) is 29.8. The lowest BCUT2D eigenvalue weighted by Gasteiger charge is -2.40. The van der Waals surface area contributed by atoms with E-state index in [1.165, 1.54) is 12.1 Å². The van der Waals surface area contributed by atoms with E-state index >= 15 is 0 Å². The fourth-order valence-corrected chi connectivity index (χ4v) is 6.49. The fraction of sp³-hybridized carbons (Fsp3) is 0.778. The van der Waals surface area contributed by atoms with Crippen molar-refractivity contribution in [2.45, 2.75) is 98.8 Å². The van der Waals surface area contributed by atoms with Gasteiger partial charge in [-0.2, -0.15) is 8.42 Å². The van der Waals surface area contributed by atoms with Crippen LogP contribution in [0.25, 0.3) is 0 Å². The number of hydrogen-bond acceptors (Lipinski definition) is 10. The molecule has 0 amide bonds. The van der Waals surface area contributed by atoms with Crippen molar-refractivity contribution < 1.29 is 46.9 Å². The Morgan fingerprint density at radius 1 is 0.737 bits per heavy atom. The number of aryl methyl sites for hydroxylation is 1. The zero-order chi connectivity index (χ0) is 27.3. The van der Waals surface area contributed by atoms with E-state index in [0.717, 1.165) is 18.4 Å². The molecule has 216 valence electrons. The molecule has 0 unspecified atom stereocenters. The number of benzene rings is 1. The third kappa shape index (κ3) is 7.52. The molecule has 2 aliphatic carbocycles. The third-order valence-electron chi connectivity index (χ3n) is 8.20. The minimum absolute atomic E-state index is 0.0403. The lowest BCUT2D eigenvalue weighted by molar-refractivity contribution is -0.204. The zero-order valence-electron chi connectivity index (χ0n) is 22.2. The number of ether oxygens (including phenoxy) is 4. The molecule has 11 heteroatoms. The Bertz CT molecular complexity index is 977. The molecule has 2 aliphatic heterocycles. The summed E-state index contributed by atoms with van der Waals surface area (Å²) in [4.78, 5) is 0.135. The van der Waals surface area contributed by atoms with Crippen molar-refractivity contribution >= 4 is 10.1 Å². The molecule has 0 radical (unpaired) electrons. The van der Waals surface area contributed by atoms with Crippen LogP contribution in [0.4, 0.5) is 0 Å². The lowest BCUT2D eigenvalue weighted by Crippen LogP contribution is -2.44. The van der Waals surface area contributed by atoms with Crippen LogP contribution in [-0.4, -0.2) is 86.2 Å². The minimum Gasteiger partial charge on any atom is -0.396 e. The maximum atomic E-state index is 12.1. The molecule has 38 heavy (non-hydrogen) atoms. The number of rotatable bonds is 7. The molecule has 2 heterocycles. The molecule has 1 aromatic rings. The first-order valence-electron chi connectivity index (χ1n) is 13.6. The van der Waals surface area contributed by atoms with E-state index in [9.17, 15) is 18.6 Å². The predicted molar refractivity (Wildman–Crippen MR) is 137 cm³/mol. The van der Waals surface area contributed by atoms with Crippen LogP contribution in [0.5, 0.6) is 0 Å². The second-order valence-electron chi connectivity index (χ2n) is 11.0. The highest BCUT2D eigenvalue weighted by Gasteiger charge is 2.46. The molecule has 2 saturated carbocycles. The molecule has 4 fully saturated rings. The molecule has 5 rings (SSSR count). The van der Waals surface area contributed by atoms with Crippen molar-refractivity contribution in [3.63, 3.8) is 0 Å². The quantitative estimate of drug-likeness (QED) is 0.428.